The highest BCUT2D eigenvalue weighted by Gasteiger charge is 2.07. The Morgan fingerprint density at radius 1 is 1.15 bits per heavy atom. The summed E-state index contributed by atoms with van der Waals surface area (Å²) in [6, 6.07) is 6.91. The number of carbonyl (C=O) groups excluding carboxylic acids is 2. The lowest BCUT2D eigenvalue weighted by Crippen LogP contribution is -2.30. The summed E-state index contributed by atoms with van der Waals surface area (Å²) >= 11 is 0. The molecule has 0 heterocycles. The molecule has 1 aromatic carbocycles. The van der Waals surface area contributed by atoms with Gasteiger partial charge in [0.2, 0.25) is 5.91 Å². The molecule has 0 unspecified atom stereocenters. The predicted molar refractivity (Wildman–Crippen MR) is 80.5 cm³/mol. The Hall–Kier alpha value is -2.04. The maximum Gasteiger partial charge on any atom is 0.319 e. The number of hydrogen-bond acceptors (Lipinski definition) is 2. The molecule has 110 valence electrons. The van der Waals surface area contributed by atoms with Gasteiger partial charge in [-0.15, -0.1) is 0 Å². The fourth-order valence-corrected chi connectivity index (χ4v) is 1.90. The minimum atomic E-state index is -0.417. The first-order valence-corrected chi connectivity index (χ1v) is 7.04. The third-order valence-electron chi connectivity index (χ3n) is 2.95. The lowest BCUT2D eigenvalue weighted by molar-refractivity contribution is -0.117. The van der Waals surface area contributed by atoms with Crippen molar-refractivity contribution in [2.45, 2.75) is 39.0 Å². The SMILES string of the molecule is CCCCCCNC(=O)Nc1ccccc1CC(N)=O. The number of rotatable bonds is 8. The fourth-order valence-electron chi connectivity index (χ4n) is 1.90. The van der Waals surface area contributed by atoms with Crippen LogP contribution in [0.1, 0.15) is 38.2 Å². The number of amides is 3. The molecule has 0 atom stereocenters. The Labute approximate surface area is 119 Å². The molecule has 0 aromatic heterocycles. The molecule has 20 heavy (non-hydrogen) atoms. The number of urea groups is 1. The molecule has 0 aliphatic heterocycles. The summed E-state index contributed by atoms with van der Waals surface area (Å²) in [6.07, 6.45) is 4.57. The van der Waals surface area contributed by atoms with Crippen molar-refractivity contribution in [3.05, 3.63) is 29.8 Å². The molecule has 0 radical (unpaired) electrons. The molecule has 4 N–H and O–H groups in total. The van der Waals surface area contributed by atoms with Gasteiger partial charge in [-0.2, -0.15) is 0 Å². The van der Waals surface area contributed by atoms with Crippen molar-refractivity contribution >= 4 is 17.6 Å². The lowest BCUT2D eigenvalue weighted by Gasteiger charge is -2.11. The molecule has 1 rings (SSSR count). The largest absolute Gasteiger partial charge is 0.369 e. The van der Waals surface area contributed by atoms with Gasteiger partial charge >= 0.3 is 6.03 Å². The van der Waals surface area contributed by atoms with E-state index in [1.54, 1.807) is 18.2 Å². The zero-order chi connectivity index (χ0) is 14.8. The van der Waals surface area contributed by atoms with Crippen LogP contribution >= 0.6 is 0 Å². The molecule has 0 aliphatic rings. The molecule has 0 aliphatic carbocycles. The molecular weight excluding hydrogens is 254 g/mol. The summed E-state index contributed by atoms with van der Waals surface area (Å²) < 4.78 is 0. The summed E-state index contributed by atoms with van der Waals surface area (Å²) in [5, 5.41) is 5.55. The van der Waals surface area contributed by atoms with Crippen molar-refractivity contribution in [2.75, 3.05) is 11.9 Å². The number of nitrogens with one attached hydrogen (secondary N) is 2. The average Bonchev–Trinajstić information content (AvgIpc) is 2.40. The molecule has 5 nitrogen and oxygen atoms in total. The Balaban J connectivity index is 2.43. The van der Waals surface area contributed by atoms with Gasteiger partial charge in [-0.05, 0) is 18.1 Å². The van der Waals surface area contributed by atoms with Crippen molar-refractivity contribution < 1.29 is 9.59 Å². The molecule has 0 fully saturated rings. The summed E-state index contributed by atoms with van der Waals surface area (Å²) in [7, 11) is 0. The molecule has 0 spiro atoms. The van der Waals surface area contributed by atoms with E-state index in [2.05, 4.69) is 17.6 Å². The maximum atomic E-state index is 11.7. The van der Waals surface area contributed by atoms with E-state index in [9.17, 15) is 9.59 Å². The van der Waals surface area contributed by atoms with Crippen molar-refractivity contribution in [3.8, 4) is 0 Å². The third-order valence-corrected chi connectivity index (χ3v) is 2.95. The number of benzene rings is 1. The molecular formula is C15H23N3O2. The normalized spacial score (nSPS) is 10.1. The van der Waals surface area contributed by atoms with E-state index in [1.807, 2.05) is 6.07 Å². The van der Waals surface area contributed by atoms with Gasteiger partial charge in [0, 0.05) is 12.2 Å². The summed E-state index contributed by atoms with van der Waals surface area (Å²) in [4.78, 5) is 22.7. The molecule has 3 amide bonds. The second-order valence-corrected chi connectivity index (χ2v) is 4.74. The predicted octanol–water partition coefficient (Wildman–Crippen LogP) is 2.42. The van der Waals surface area contributed by atoms with E-state index in [4.69, 9.17) is 5.73 Å². The number of anilines is 1. The van der Waals surface area contributed by atoms with Gasteiger partial charge in [0.25, 0.3) is 0 Å². The highest BCUT2D eigenvalue weighted by atomic mass is 16.2. The number of unbranched alkanes of at least 4 members (excludes halogenated alkanes) is 3. The lowest BCUT2D eigenvalue weighted by atomic mass is 10.1. The standard InChI is InChI=1S/C15H23N3O2/c1-2-3-4-7-10-17-15(20)18-13-9-6-5-8-12(13)11-14(16)19/h5-6,8-9H,2-4,7,10-11H2,1H3,(H2,16,19)(H2,17,18,20). The van der Waals surface area contributed by atoms with Crippen LogP contribution in [0.3, 0.4) is 0 Å². The van der Waals surface area contributed by atoms with Crippen LogP contribution in [0.2, 0.25) is 0 Å². The highest BCUT2D eigenvalue weighted by Crippen LogP contribution is 2.15. The first-order valence-electron chi connectivity index (χ1n) is 7.04. The Bertz CT molecular complexity index is 446. The monoisotopic (exact) mass is 277 g/mol. The topological polar surface area (TPSA) is 84.2 Å². The minimum absolute atomic E-state index is 0.118. The first-order chi connectivity index (χ1) is 9.63. The zero-order valence-corrected chi connectivity index (χ0v) is 11.9. The van der Waals surface area contributed by atoms with Crippen LogP contribution in [0.25, 0.3) is 0 Å². The quantitative estimate of drug-likeness (QED) is 0.637. The summed E-state index contributed by atoms with van der Waals surface area (Å²) in [6.45, 7) is 2.81. The van der Waals surface area contributed by atoms with E-state index in [1.165, 1.54) is 12.8 Å². The van der Waals surface area contributed by atoms with Gasteiger partial charge < -0.3 is 16.4 Å². The van der Waals surface area contributed by atoms with Crippen LogP contribution < -0.4 is 16.4 Å². The number of para-hydroxylation sites is 1. The average molecular weight is 277 g/mol. The van der Waals surface area contributed by atoms with E-state index < -0.39 is 5.91 Å². The van der Waals surface area contributed by atoms with Crippen LogP contribution in [0.15, 0.2) is 24.3 Å². The highest BCUT2D eigenvalue weighted by molar-refractivity contribution is 5.91. The summed E-state index contributed by atoms with van der Waals surface area (Å²) in [5.41, 5.74) is 6.53. The minimum Gasteiger partial charge on any atom is -0.369 e. The van der Waals surface area contributed by atoms with Gasteiger partial charge in [-0.1, -0.05) is 44.4 Å². The van der Waals surface area contributed by atoms with Crippen molar-refractivity contribution in [3.63, 3.8) is 0 Å². The Kier molecular flexibility index (Phi) is 7.17. The Morgan fingerprint density at radius 3 is 2.60 bits per heavy atom. The van der Waals surface area contributed by atoms with Gasteiger partial charge in [0.1, 0.15) is 0 Å². The van der Waals surface area contributed by atoms with Crippen LogP contribution in [-0.4, -0.2) is 18.5 Å². The summed E-state index contributed by atoms with van der Waals surface area (Å²) in [5.74, 6) is -0.417. The number of nitrogens with two attached hydrogens (primary N) is 1. The van der Waals surface area contributed by atoms with Crippen LogP contribution in [-0.2, 0) is 11.2 Å². The van der Waals surface area contributed by atoms with Crippen LogP contribution in [0.5, 0.6) is 0 Å². The Morgan fingerprint density at radius 2 is 1.90 bits per heavy atom. The second-order valence-electron chi connectivity index (χ2n) is 4.74. The van der Waals surface area contributed by atoms with E-state index >= 15 is 0 Å². The van der Waals surface area contributed by atoms with Crippen molar-refractivity contribution in [1.82, 2.24) is 5.32 Å². The van der Waals surface area contributed by atoms with Crippen LogP contribution in [0, 0.1) is 0 Å². The first kappa shape index (κ1) is 16.0. The number of primary amides is 1. The number of carbonyl (C=O) groups is 2. The third kappa shape index (κ3) is 6.22. The van der Waals surface area contributed by atoms with Gasteiger partial charge in [-0.3, -0.25) is 4.79 Å². The maximum absolute atomic E-state index is 11.7. The van der Waals surface area contributed by atoms with Gasteiger partial charge in [0.15, 0.2) is 0 Å². The molecule has 0 saturated carbocycles. The molecule has 0 saturated heterocycles. The van der Waals surface area contributed by atoms with E-state index in [0.29, 0.717) is 12.2 Å². The molecule has 0 bridgehead atoms. The van der Waals surface area contributed by atoms with Crippen molar-refractivity contribution in [2.24, 2.45) is 5.73 Å². The fraction of sp³-hybridized carbons (Fsp3) is 0.467. The second kappa shape index (κ2) is 8.96. The van der Waals surface area contributed by atoms with Gasteiger partial charge in [0.05, 0.1) is 6.42 Å². The molecule has 1 aromatic rings. The van der Waals surface area contributed by atoms with Gasteiger partial charge in [-0.25, -0.2) is 4.79 Å². The number of hydrogen-bond donors (Lipinski definition) is 3. The zero-order valence-electron chi connectivity index (χ0n) is 11.9. The van der Waals surface area contributed by atoms with Crippen molar-refractivity contribution in [1.29, 1.82) is 0 Å². The van der Waals surface area contributed by atoms with Crippen LogP contribution in [0.4, 0.5) is 10.5 Å². The van der Waals surface area contributed by atoms with E-state index in [0.717, 1.165) is 18.4 Å². The smallest absolute Gasteiger partial charge is 0.319 e. The van der Waals surface area contributed by atoms with E-state index in [-0.39, 0.29) is 12.5 Å². The molecule has 5 heteroatoms.